The molecule has 68 heavy (non-hydrogen) atoms. The third kappa shape index (κ3) is 34.6. The van der Waals surface area contributed by atoms with E-state index in [-0.39, 0.29) is 12.8 Å². The average Bonchev–Trinajstić information content (AvgIpc) is 3.34. The lowest BCUT2D eigenvalue weighted by atomic mass is 9.98. The van der Waals surface area contributed by atoms with Gasteiger partial charge >= 0.3 is 0 Å². The van der Waals surface area contributed by atoms with Crippen LogP contribution in [0, 0.1) is 0 Å². The zero-order chi connectivity index (χ0) is 49.7. The Kier molecular flexibility index (Phi) is 43.9. The molecule has 1 fully saturated rings. The van der Waals surface area contributed by atoms with Gasteiger partial charge < -0.3 is 50.5 Å². The maximum atomic E-state index is 13.2. The minimum Gasteiger partial charge on any atom is -0.394 e. The molecule has 0 saturated carbocycles. The van der Waals surface area contributed by atoms with Crippen LogP contribution < -0.4 is 5.32 Å². The van der Waals surface area contributed by atoms with Crippen molar-refractivity contribution in [3.05, 3.63) is 36.5 Å². The fourth-order valence-electron chi connectivity index (χ4n) is 8.98. The Morgan fingerprint density at radius 2 is 0.882 bits per heavy atom. The highest BCUT2D eigenvalue weighted by atomic mass is 16.7. The van der Waals surface area contributed by atoms with Gasteiger partial charge in [0, 0.05) is 0 Å². The van der Waals surface area contributed by atoms with Gasteiger partial charge in [0.15, 0.2) is 6.29 Å². The highest BCUT2D eigenvalue weighted by Crippen LogP contribution is 2.23. The highest BCUT2D eigenvalue weighted by molar-refractivity contribution is 5.80. The molecule has 1 aliphatic rings. The van der Waals surface area contributed by atoms with Crippen molar-refractivity contribution in [1.29, 1.82) is 0 Å². The van der Waals surface area contributed by atoms with Gasteiger partial charge in [-0.1, -0.05) is 211 Å². The molecule has 9 unspecified atom stereocenters. The summed E-state index contributed by atoms with van der Waals surface area (Å²) < 4.78 is 11.1. The molecule has 0 bridgehead atoms. The Balaban J connectivity index is 2.37. The molecule has 0 aromatic rings. The van der Waals surface area contributed by atoms with Crippen molar-refractivity contribution < 1.29 is 50.0 Å². The monoisotopic (exact) mass is 966 g/mol. The maximum absolute atomic E-state index is 13.2. The number of unbranched alkanes of at least 4 members (excludes halogenated alkanes) is 30. The topological polar surface area (TPSA) is 189 Å². The number of rotatable bonds is 48. The number of hydrogen-bond acceptors (Lipinski definition) is 10. The first-order chi connectivity index (χ1) is 33.2. The maximum Gasteiger partial charge on any atom is 0.249 e. The first kappa shape index (κ1) is 64.3. The molecule has 0 aromatic carbocycles. The zero-order valence-corrected chi connectivity index (χ0v) is 43.6. The second-order valence-electron chi connectivity index (χ2n) is 20.0. The molecule has 0 aromatic heterocycles. The van der Waals surface area contributed by atoms with Crippen LogP contribution in [0.2, 0.25) is 0 Å². The second-order valence-corrected chi connectivity index (χ2v) is 20.0. The van der Waals surface area contributed by atoms with E-state index in [4.69, 9.17) is 9.47 Å². The predicted molar refractivity (Wildman–Crippen MR) is 279 cm³/mol. The van der Waals surface area contributed by atoms with Crippen LogP contribution in [0.5, 0.6) is 0 Å². The highest BCUT2D eigenvalue weighted by Gasteiger charge is 2.44. The standard InChI is InChI=1S/C57H107NO10/c1-3-5-7-9-11-13-15-17-19-21-23-24-25-26-27-29-30-32-34-36-38-40-42-44-49(60)52(62)48(47-67-57-55(65)54(64)53(63)51(46-59)68-57)58-56(66)50(61)45-43-41-39-37-35-33-31-28-22-20-18-16-14-12-10-8-6-4-2/h22,28-30,36,38,48-55,57,59-65H,3-21,23-27,31-35,37,39-47H2,1-2H3,(H,58,66)/b28-22-,30-29+,38-36+. The Morgan fingerprint density at radius 1 is 0.500 bits per heavy atom. The van der Waals surface area contributed by atoms with Gasteiger partial charge in [0.25, 0.3) is 0 Å². The largest absolute Gasteiger partial charge is 0.394 e. The molecule has 9 atom stereocenters. The Hall–Kier alpha value is -1.67. The van der Waals surface area contributed by atoms with Crippen molar-refractivity contribution in [1.82, 2.24) is 5.32 Å². The molecule has 1 heterocycles. The van der Waals surface area contributed by atoms with Crippen LogP contribution >= 0.6 is 0 Å². The number of carbonyl (C=O) groups is 1. The summed E-state index contributed by atoms with van der Waals surface area (Å²) in [4.78, 5) is 13.2. The molecule has 1 aliphatic heterocycles. The molecule has 400 valence electrons. The number of aliphatic hydroxyl groups is 7. The molecule has 11 nitrogen and oxygen atoms in total. The quantitative estimate of drug-likeness (QED) is 0.0215. The molecule has 0 aliphatic carbocycles. The van der Waals surface area contributed by atoms with Crippen LogP contribution in [0.3, 0.4) is 0 Å². The normalized spacial score (nSPS) is 20.8. The van der Waals surface area contributed by atoms with Gasteiger partial charge in [-0.2, -0.15) is 0 Å². The van der Waals surface area contributed by atoms with E-state index in [9.17, 15) is 40.5 Å². The molecular formula is C57H107NO10. The minimum atomic E-state index is -1.67. The summed E-state index contributed by atoms with van der Waals surface area (Å²) in [6, 6.07) is -1.19. The summed E-state index contributed by atoms with van der Waals surface area (Å²) in [5.74, 6) is -0.714. The first-order valence-corrected chi connectivity index (χ1v) is 28.4. The third-order valence-electron chi connectivity index (χ3n) is 13.6. The fourth-order valence-corrected chi connectivity index (χ4v) is 8.98. The zero-order valence-electron chi connectivity index (χ0n) is 43.6. The smallest absolute Gasteiger partial charge is 0.249 e. The SMILES string of the molecule is CCCCCCCCCC/C=C\CCCCCCCCC(O)C(=O)NC(COC1OC(CO)C(O)C(O)C1O)C(O)C(O)CCC/C=C/CC/C=C/CCCCCCCCCCCCCCCC. The van der Waals surface area contributed by atoms with Crippen LogP contribution in [-0.2, 0) is 14.3 Å². The van der Waals surface area contributed by atoms with Crippen LogP contribution in [0.15, 0.2) is 36.5 Å². The molecule has 1 saturated heterocycles. The van der Waals surface area contributed by atoms with Crippen molar-refractivity contribution in [3.8, 4) is 0 Å². The number of nitrogens with one attached hydrogen (secondary N) is 1. The number of carbonyl (C=O) groups excluding carboxylic acids is 1. The number of allylic oxidation sites excluding steroid dienone is 6. The second kappa shape index (κ2) is 46.4. The Morgan fingerprint density at radius 3 is 1.31 bits per heavy atom. The van der Waals surface area contributed by atoms with Crippen LogP contribution in [-0.4, -0.2) is 110 Å². The summed E-state index contributed by atoms with van der Waals surface area (Å²) in [6.45, 7) is 3.45. The lowest BCUT2D eigenvalue weighted by Gasteiger charge is -2.40. The van der Waals surface area contributed by atoms with Crippen molar-refractivity contribution in [2.75, 3.05) is 13.2 Å². The van der Waals surface area contributed by atoms with Crippen LogP contribution in [0.1, 0.15) is 251 Å². The van der Waals surface area contributed by atoms with E-state index in [1.165, 1.54) is 148 Å². The summed E-state index contributed by atoms with van der Waals surface area (Å²) in [5, 5.41) is 76.0. The minimum absolute atomic E-state index is 0.244. The van der Waals surface area contributed by atoms with Gasteiger partial charge in [-0.05, 0) is 77.0 Å². The number of aliphatic hydroxyl groups excluding tert-OH is 7. The summed E-state index contributed by atoms with van der Waals surface area (Å²) in [5.41, 5.74) is 0. The molecule has 1 rings (SSSR count). The number of ether oxygens (including phenoxy) is 2. The van der Waals surface area contributed by atoms with E-state index in [1.807, 2.05) is 0 Å². The van der Waals surface area contributed by atoms with Crippen LogP contribution in [0.25, 0.3) is 0 Å². The van der Waals surface area contributed by atoms with Crippen molar-refractivity contribution in [3.63, 3.8) is 0 Å². The van der Waals surface area contributed by atoms with Crippen LogP contribution in [0.4, 0.5) is 0 Å². The van der Waals surface area contributed by atoms with E-state index in [0.717, 1.165) is 57.8 Å². The van der Waals surface area contributed by atoms with E-state index < -0.39 is 74.2 Å². The van der Waals surface area contributed by atoms with Gasteiger partial charge in [-0.15, -0.1) is 0 Å². The lowest BCUT2D eigenvalue weighted by molar-refractivity contribution is -0.303. The predicted octanol–water partition coefficient (Wildman–Crippen LogP) is 11.5. The molecule has 11 heteroatoms. The van der Waals surface area contributed by atoms with Gasteiger partial charge in [-0.25, -0.2) is 0 Å². The molecule has 1 amide bonds. The average molecular weight is 966 g/mol. The summed E-state index contributed by atoms with van der Waals surface area (Å²) in [7, 11) is 0. The van der Waals surface area contributed by atoms with E-state index in [2.05, 4.69) is 55.6 Å². The number of hydrogen-bond donors (Lipinski definition) is 8. The molecule has 8 N–H and O–H groups in total. The van der Waals surface area contributed by atoms with Gasteiger partial charge in [0.1, 0.15) is 36.6 Å². The van der Waals surface area contributed by atoms with E-state index in [0.29, 0.717) is 19.3 Å². The first-order valence-electron chi connectivity index (χ1n) is 28.4. The Labute approximate surface area is 416 Å². The summed E-state index contributed by atoms with van der Waals surface area (Å²) >= 11 is 0. The fraction of sp³-hybridized carbons (Fsp3) is 0.877. The third-order valence-corrected chi connectivity index (χ3v) is 13.6. The molecule has 0 radical (unpaired) electrons. The molecular weight excluding hydrogens is 859 g/mol. The summed E-state index contributed by atoms with van der Waals surface area (Å²) in [6.07, 6.45) is 44.8. The van der Waals surface area contributed by atoms with E-state index in [1.54, 1.807) is 0 Å². The molecule has 0 spiro atoms. The van der Waals surface area contributed by atoms with Crippen molar-refractivity contribution >= 4 is 5.91 Å². The van der Waals surface area contributed by atoms with Gasteiger partial charge in [-0.3, -0.25) is 4.79 Å². The van der Waals surface area contributed by atoms with Gasteiger partial charge in [0.2, 0.25) is 5.91 Å². The number of amides is 1. The van der Waals surface area contributed by atoms with Gasteiger partial charge in [0.05, 0.1) is 25.4 Å². The Bertz CT molecular complexity index is 1200. The lowest BCUT2D eigenvalue weighted by Crippen LogP contribution is -2.60. The van der Waals surface area contributed by atoms with Crippen molar-refractivity contribution in [2.24, 2.45) is 0 Å². The van der Waals surface area contributed by atoms with Crippen molar-refractivity contribution in [2.45, 2.75) is 306 Å². The van der Waals surface area contributed by atoms with E-state index >= 15 is 0 Å².